The first-order chi connectivity index (χ1) is 8.50. The molecule has 2 bridgehead atoms. The van der Waals surface area contributed by atoms with Crippen LogP contribution in [-0.2, 0) is 14.4 Å². The van der Waals surface area contributed by atoms with E-state index in [0.717, 1.165) is 6.42 Å². The minimum Gasteiger partial charge on any atom is -0.481 e. The van der Waals surface area contributed by atoms with Gasteiger partial charge in [-0.05, 0) is 24.2 Å². The first-order valence-electron chi connectivity index (χ1n) is 6.33. The number of amides is 1. The molecule has 2 rings (SSSR count). The highest BCUT2D eigenvalue weighted by molar-refractivity contribution is 5.86. The van der Waals surface area contributed by atoms with Gasteiger partial charge in [0.15, 0.2) is 0 Å². The molecule has 2 aliphatic carbocycles. The normalized spacial score (nSPS) is 33.1. The number of hydrogen-bond acceptors (Lipinski definition) is 3. The first kappa shape index (κ1) is 13.1. The van der Waals surface area contributed by atoms with Crippen LogP contribution in [0.3, 0.4) is 0 Å². The average molecular weight is 253 g/mol. The van der Waals surface area contributed by atoms with Crippen LogP contribution < -0.4 is 5.48 Å². The molecular weight excluding hydrogens is 234 g/mol. The second-order valence-electron chi connectivity index (χ2n) is 5.51. The van der Waals surface area contributed by atoms with Crippen LogP contribution in [0.4, 0.5) is 0 Å². The smallest absolute Gasteiger partial charge is 0.307 e. The zero-order chi connectivity index (χ0) is 13.3. The van der Waals surface area contributed by atoms with E-state index >= 15 is 0 Å². The number of hydrogen-bond donors (Lipinski definition) is 2. The molecule has 0 aromatic rings. The van der Waals surface area contributed by atoms with E-state index in [1.165, 1.54) is 0 Å². The van der Waals surface area contributed by atoms with Crippen LogP contribution in [0.1, 0.15) is 20.3 Å². The van der Waals surface area contributed by atoms with E-state index in [1.807, 2.05) is 26.0 Å². The number of carbonyl (C=O) groups is 2. The van der Waals surface area contributed by atoms with Crippen molar-refractivity contribution in [2.24, 2.45) is 29.6 Å². The monoisotopic (exact) mass is 253 g/mol. The summed E-state index contributed by atoms with van der Waals surface area (Å²) in [4.78, 5) is 28.3. The minimum atomic E-state index is -0.893. The molecule has 1 saturated carbocycles. The third kappa shape index (κ3) is 2.41. The van der Waals surface area contributed by atoms with Gasteiger partial charge in [0, 0.05) is 0 Å². The predicted octanol–water partition coefficient (Wildman–Crippen LogP) is 1.21. The van der Waals surface area contributed by atoms with Gasteiger partial charge < -0.3 is 5.11 Å². The summed E-state index contributed by atoms with van der Waals surface area (Å²) in [6.45, 7) is 4.39. The molecule has 0 saturated heterocycles. The largest absolute Gasteiger partial charge is 0.481 e. The number of carboxylic acid groups (broad SMARTS) is 1. The molecule has 5 nitrogen and oxygen atoms in total. The molecule has 2 unspecified atom stereocenters. The lowest BCUT2D eigenvalue weighted by molar-refractivity contribution is -0.152. The maximum atomic E-state index is 12.0. The topological polar surface area (TPSA) is 75.6 Å². The number of hydroxylamine groups is 1. The van der Waals surface area contributed by atoms with Crippen LogP contribution in [0.2, 0.25) is 0 Å². The molecule has 0 aromatic heterocycles. The van der Waals surface area contributed by atoms with Crippen LogP contribution >= 0.6 is 0 Å². The standard InChI is InChI=1S/C13H19NO4/c1-7(2)6-18-14-12(15)10-8-3-4-9(5-8)11(10)13(16)17/h3-4,7-11H,5-6H2,1-2H3,(H,14,15)(H,16,17)/t8?,9?,10-,11+/m0/s1. The van der Waals surface area contributed by atoms with Gasteiger partial charge in [-0.15, -0.1) is 0 Å². The summed E-state index contributed by atoms with van der Waals surface area (Å²) in [5.74, 6) is -1.95. The zero-order valence-electron chi connectivity index (χ0n) is 10.6. The van der Waals surface area contributed by atoms with E-state index in [4.69, 9.17) is 4.84 Å². The maximum Gasteiger partial charge on any atom is 0.307 e. The quantitative estimate of drug-likeness (QED) is 0.570. The van der Waals surface area contributed by atoms with Crippen molar-refractivity contribution in [1.29, 1.82) is 0 Å². The lowest BCUT2D eigenvalue weighted by atomic mass is 9.82. The molecule has 1 fully saturated rings. The van der Waals surface area contributed by atoms with Crippen molar-refractivity contribution < 1.29 is 19.5 Å². The molecule has 5 heteroatoms. The van der Waals surface area contributed by atoms with Gasteiger partial charge in [-0.1, -0.05) is 26.0 Å². The van der Waals surface area contributed by atoms with Gasteiger partial charge >= 0.3 is 5.97 Å². The molecule has 0 spiro atoms. The van der Waals surface area contributed by atoms with Crippen LogP contribution in [0.15, 0.2) is 12.2 Å². The van der Waals surface area contributed by atoms with E-state index in [2.05, 4.69) is 5.48 Å². The highest BCUT2D eigenvalue weighted by Gasteiger charge is 2.51. The molecule has 18 heavy (non-hydrogen) atoms. The van der Waals surface area contributed by atoms with Crippen molar-refractivity contribution in [3.05, 3.63) is 12.2 Å². The van der Waals surface area contributed by atoms with E-state index in [0.29, 0.717) is 12.5 Å². The number of carbonyl (C=O) groups excluding carboxylic acids is 1. The predicted molar refractivity (Wildman–Crippen MR) is 64.3 cm³/mol. The van der Waals surface area contributed by atoms with Crippen LogP contribution in [0.5, 0.6) is 0 Å². The van der Waals surface area contributed by atoms with E-state index < -0.39 is 17.8 Å². The van der Waals surface area contributed by atoms with Gasteiger partial charge in [-0.25, -0.2) is 5.48 Å². The summed E-state index contributed by atoms with van der Waals surface area (Å²) < 4.78 is 0. The third-order valence-corrected chi connectivity index (χ3v) is 3.64. The number of nitrogens with one attached hydrogen (secondary N) is 1. The summed E-state index contributed by atoms with van der Waals surface area (Å²) in [6.07, 6.45) is 4.64. The molecule has 4 atom stereocenters. The Hall–Kier alpha value is -1.36. The van der Waals surface area contributed by atoms with E-state index in [1.54, 1.807) is 0 Å². The Balaban J connectivity index is 1.96. The number of fused-ring (bicyclic) bond motifs is 2. The molecule has 0 aromatic carbocycles. The highest BCUT2D eigenvalue weighted by Crippen LogP contribution is 2.48. The number of allylic oxidation sites excluding steroid dienone is 2. The Labute approximate surface area is 106 Å². The molecule has 2 aliphatic rings. The van der Waals surface area contributed by atoms with Crippen molar-refractivity contribution in [3.63, 3.8) is 0 Å². The summed E-state index contributed by atoms with van der Waals surface area (Å²) in [6, 6.07) is 0. The van der Waals surface area contributed by atoms with Crippen LogP contribution in [-0.4, -0.2) is 23.6 Å². The van der Waals surface area contributed by atoms with Crippen molar-refractivity contribution >= 4 is 11.9 Å². The SMILES string of the molecule is CC(C)CONC(=O)[C@H]1C2C=CC(C2)[C@H]1C(=O)O. The van der Waals surface area contributed by atoms with Crippen LogP contribution in [0, 0.1) is 29.6 Å². The maximum absolute atomic E-state index is 12.0. The number of aliphatic carboxylic acids is 1. The second-order valence-corrected chi connectivity index (χ2v) is 5.51. The Bertz CT molecular complexity index is 377. The Morgan fingerprint density at radius 1 is 1.33 bits per heavy atom. The Morgan fingerprint density at radius 3 is 2.50 bits per heavy atom. The zero-order valence-corrected chi connectivity index (χ0v) is 10.6. The first-order valence-corrected chi connectivity index (χ1v) is 6.33. The molecule has 0 aliphatic heterocycles. The van der Waals surface area contributed by atoms with Gasteiger partial charge in [0.1, 0.15) is 0 Å². The van der Waals surface area contributed by atoms with Gasteiger partial charge in [0.05, 0.1) is 18.4 Å². The Morgan fingerprint density at radius 2 is 1.94 bits per heavy atom. The van der Waals surface area contributed by atoms with Gasteiger partial charge in [-0.2, -0.15) is 0 Å². The van der Waals surface area contributed by atoms with Crippen molar-refractivity contribution in [3.8, 4) is 0 Å². The fourth-order valence-electron chi connectivity index (χ4n) is 2.86. The van der Waals surface area contributed by atoms with Gasteiger partial charge in [0.25, 0.3) is 0 Å². The molecule has 1 amide bonds. The van der Waals surface area contributed by atoms with E-state index in [9.17, 15) is 14.7 Å². The second kappa shape index (κ2) is 5.10. The Kier molecular flexibility index (Phi) is 3.71. The fraction of sp³-hybridized carbons (Fsp3) is 0.692. The third-order valence-electron chi connectivity index (χ3n) is 3.64. The van der Waals surface area contributed by atoms with Gasteiger partial charge in [0.2, 0.25) is 5.91 Å². The van der Waals surface area contributed by atoms with Crippen LogP contribution in [0.25, 0.3) is 0 Å². The highest BCUT2D eigenvalue weighted by atomic mass is 16.7. The molecule has 100 valence electrons. The summed E-state index contributed by atoms with van der Waals surface area (Å²) in [5, 5.41) is 9.21. The summed E-state index contributed by atoms with van der Waals surface area (Å²) >= 11 is 0. The molecule has 0 heterocycles. The van der Waals surface area contributed by atoms with E-state index in [-0.39, 0.29) is 17.7 Å². The lowest BCUT2D eigenvalue weighted by Gasteiger charge is -2.23. The summed E-state index contributed by atoms with van der Waals surface area (Å²) in [7, 11) is 0. The number of carboxylic acids is 1. The van der Waals surface area contributed by atoms with Crippen molar-refractivity contribution in [2.45, 2.75) is 20.3 Å². The van der Waals surface area contributed by atoms with Crippen molar-refractivity contribution in [2.75, 3.05) is 6.61 Å². The molecule has 2 N–H and O–H groups in total. The molecule has 0 radical (unpaired) electrons. The average Bonchev–Trinajstić information content (AvgIpc) is 2.87. The van der Waals surface area contributed by atoms with Gasteiger partial charge in [-0.3, -0.25) is 14.4 Å². The van der Waals surface area contributed by atoms with Crippen molar-refractivity contribution in [1.82, 2.24) is 5.48 Å². The minimum absolute atomic E-state index is 0.00616. The number of rotatable bonds is 5. The summed E-state index contributed by atoms with van der Waals surface area (Å²) in [5.41, 5.74) is 2.39. The fourth-order valence-corrected chi connectivity index (χ4v) is 2.86. The molecular formula is C13H19NO4. The lowest BCUT2D eigenvalue weighted by Crippen LogP contribution is -2.40.